The van der Waals surface area contributed by atoms with Crippen LogP contribution in [0.5, 0.6) is 0 Å². The molecule has 0 radical (unpaired) electrons. The summed E-state index contributed by atoms with van der Waals surface area (Å²) in [5.41, 5.74) is 7.94. The zero-order valence-corrected chi connectivity index (χ0v) is 10.2. The summed E-state index contributed by atoms with van der Waals surface area (Å²) in [5.74, 6) is 0.513. The third kappa shape index (κ3) is 2.72. The fraction of sp³-hybridized carbons (Fsp3) is 0.364. The van der Waals surface area contributed by atoms with Crippen LogP contribution in [0, 0.1) is 6.92 Å². The molecule has 1 aliphatic rings. The molecule has 80 valence electrons. The van der Waals surface area contributed by atoms with E-state index in [1.165, 1.54) is 12.8 Å². The van der Waals surface area contributed by atoms with Crippen molar-refractivity contribution in [1.82, 2.24) is 0 Å². The summed E-state index contributed by atoms with van der Waals surface area (Å²) >= 11 is 3.48. The molecule has 0 saturated heterocycles. The molecule has 3 nitrogen and oxygen atoms in total. The molecule has 0 heterocycles. The van der Waals surface area contributed by atoms with Crippen LogP contribution in [0.25, 0.3) is 0 Å². The maximum absolute atomic E-state index is 5.79. The maximum Gasteiger partial charge on any atom is 0.193 e. The van der Waals surface area contributed by atoms with Gasteiger partial charge in [-0.1, -0.05) is 22.0 Å². The number of nitrogens with zero attached hydrogens (tertiary/aromatic N) is 1. The molecule has 1 aliphatic carbocycles. The van der Waals surface area contributed by atoms with Crippen LogP contribution in [-0.2, 0) is 0 Å². The second kappa shape index (κ2) is 4.23. The molecule has 1 aromatic rings. The van der Waals surface area contributed by atoms with E-state index in [4.69, 9.17) is 5.73 Å². The van der Waals surface area contributed by atoms with E-state index in [0.29, 0.717) is 12.0 Å². The van der Waals surface area contributed by atoms with Crippen LogP contribution in [0.15, 0.2) is 27.7 Å². The number of hydrogen-bond acceptors (Lipinski definition) is 1. The fourth-order valence-corrected chi connectivity index (χ4v) is 1.68. The van der Waals surface area contributed by atoms with Gasteiger partial charge in [-0.15, -0.1) is 0 Å². The predicted octanol–water partition coefficient (Wildman–Crippen LogP) is 2.65. The van der Waals surface area contributed by atoms with E-state index in [0.717, 1.165) is 15.7 Å². The number of hydrogen-bond donors (Lipinski definition) is 2. The van der Waals surface area contributed by atoms with Crippen molar-refractivity contribution >= 4 is 27.6 Å². The summed E-state index contributed by atoms with van der Waals surface area (Å²) in [7, 11) is 0. The van der Waals surface area contributed by atoms with Crippen LogP contribution >= 0.6 is 15.9 Å². The van der Waals surface area contributed by atoms with Gasteiger partial charge in [0.25, 0.3) is 0 Å². The zero-order valence-electron chi connectivity index (χ0n) is 8.63. The Morgan fingerprint density at radius 3 is 2.93 bits per heavy atom. The minimum Gasteiger partial charge on any atom is -0.370 e. The molecular weight excluding hydrogens is 254 g/mol. The van der Waals surface area contributed by atoms with Gasteiger partial charge in [0.05, 0.1) is 6.04 Å². The van der Waals surface area contributed by atoms with E-state index in [-0.39, 0.29) is 0 Å². The molecule has 15 heavy (non-hydrogen) atoms. The topological polar surface area (TPSA) is 50.4 Å². The van der Waals surface area contributed by atoms with Crippen LogP contribution in [0.1, 0.15) is 18.4 Å². The average molecular weight is 268 g/mol. The van der Waals surface area contributed by atoms with Crippen molar-refractivity contribution in [2.45, 2.75) is 25.8 Å². The van der Waals surface area contributed by atoms with Gasteiger partial charge in [-0.3, -0.25) is 0 Å². The van der Waals surface area contributed by atoms with Crippen molar-refractivity contribution < 1.29 is 0 Å². The molecule has 2 rings (SSSR count). The lowest BCUT2D eigenvalue weighted by molar-refractivity contribution is 1.06. The molecule has 1 saturated carbocycles. The van der Waals surface area contributed by atoms with Crippen LogP contribution in [-0.4, -0.2) is 12.0 Å². The van der Waals surface area contributed by atoms with Gasteiger partial charge in [-0.2, -0.15) is 0 Å². The zero-order chi connectivity index (χ0) is 10.8. The van der Waals surface area contributed by atoms with E-state index in [9.17, 15) is 0 Å². The Labute approximate surface area is 97.9 Å². The van der Waals surface area contributed by atoms with Crippen molar-refractivity contribution in [1.29, 1.82) is 0 Å². The molecule has 4 heteroatoms. The summed E-state index contributed by atoms with van der Waals surface area (Å²) in [6, 6.07) is 6.43. The number of benzene rings is 1. The lowest BCUT2D eigenvalue weighted by atomic mass is 10.2. The van der Waals surface area contributed by atoms with Gasteiger partial charge in [0.15, 0.2) is 5.96 Å². The van der Waals surface area contributed by atoms with E-state index in [2.05, 4.69) is 26.2 Å². The van der Waals surface area contributed by atoms with Crippen molar-refractivity contribution in [2.75, 3.05) is 5.32 Å². The standard InChI is InChI=1S/C11H14BrN3/c1-7-9(12)3-2-4-10(7)15-11(13)14-8-5-6-8/h2-4,8H,5-6H2,1H3,(H3,13,14,15). The van der Waals surface area contributed by atoms with E-state index >= 15 is 0 Å². The molecule has 0 unspecified atom stereocenters. The lowest BCUT2D eigenvalue weighted by Gasteiger charge is -2.09. The number of guanidine groups is 1. The van der Waals surface area contributed by atoms with Gasteiger partial charge in [-0.05, 0) is 37.5 Å². The van der Waals surface area contributed by atoms with E-state index < -0.39 is 0 Å². The first kappa shape index (κ1) is 10.5. The number of nitrogens with one attached hydrogen (secondary N) is 1. The monoisotopic (exact) mass is 267 g/mol. The minimum atomic E-state index is 0.449. The predicted molar refractivity (Wildman–Crippen MR) is 67.1 cm³/mol. The highest BCUT2D eigenvalue weighted by molar-refractivity contribution is 9.10. The first-order valence-corrected chi connectivity index (χ1v) is 5.81. The second-order valence-electron chi connectivity index (χ2n) is 3.78. The number of nitrogens with two attached hydrogens (primary N) is 1. The molecule has 0 amide bonds. The molecule has 0 aromatic heterocycles. The molecule has 0 spiro atoms. The van der Waals surface area contributed by atoms with Crippen LogP contribution < -0.4 is 11.1 Å². The Balaban J connectivity index is 2.12. The van der Waals surface area contributed by atoms with Crippen molar-refractivity contribution in [3.63, 3.8) is 0 Å². The molecule has 0 atom stereocenters. The van der Waals surface area contributed by atoms with Gasteiger partial charge in [-0.25, -0.2) is 4.99 Å². The summed E-state index contributed by atoms with van der Waals surface area (Å²) < 4.78 is 1.08. The molecule has 0 bridgehead atoms. The molecule has 3 N–H and O–H groups in total. The molecular formula is C11H14BrN3. The summed E-state index contributed by atoms with van der Waals surface area (Å²) in [6.45, 7) is 2.04. The second-order valence-corrected chi connectivity index (χ2v) is 4.64. The number of halogens is 1. The number of rotatable bonds is 2. The largest absolute Gasteiger partial charge is 0.370 e. The Hall–Kier alpha value is -1.03. The number of aliphatic imine (C=N–C) groups is 1. The van der Waals surface area contributed by atoms with Crippen LogP contribution in [0.4, 0.5) is 5.69 Å². The van der Waals surface area contributed by atoms with Crippen molar-refractivity contribution in [3.8, 4) is 0 Å². The maximum atomic E-state index is 5.79. The third-order valence-electron chi connectivity index (χ3n) is 2.40. The van der Waals surface area contributed by atoms with Gasteiger partial charge in [0.2, 0.25) is 0 Å². The highest BCUT2D eigenvalue weighted by Crippen LogP contribution is 2.25. The first-order chi connectivity index (χ1) is 7.16. The smallest absolute Gasteiger partial charge is 0.193 e. The fourth-order valence-electron chi connectivity index (χ4n) is 1.31. The normalized spacial score (nSPS) is 16.5. The molecule has 1 aromatic carbocycles. The Morgan fingerprint density at radius 2 is 2.27 bits per heavy atom. The third-order valence-corrected chi connectivity index (χ3v) is 3.26. The van der Waals surface area contributed by atoms with Gasteiger partial charge >= 0.3 is 0 Å². The van der Waals surface area contributed by atoms with E-state index in [1.807, 2.05) is 25.1 Å². The quantitative estimate of drug-likeness (QED) is 0.640. The number of anilines is 1. The van der Waals surface area contributed by atoms with Gasteiger partial charge in [0, 0.05) is 10.2 Å². The highest BCUT2D eigenvalue weighted by atomic mass is 79.9. The Bertz CT molecular complexity index is 397. The SMILES string of the molecule is Cc1c(Br)cccc1NC(N)=NC1CC1. The molecule has 1 fully saturated rings. The van der Waals surface area contributed by atoms with Crippen molar-refractivity contribution in [3.05, 3.63) is 28.2 Å². The van der Waals surface area contributed by atoms with Crippen LogP contribution in [0.3, 0.4) is 0 Å². The van der Waals surface area contributed by atoms with Crippen molar-refractivity contribution in [2.24, 2.45) is 10.7 Å². The van der Waals surface area contributed by atoms with E-state index in [1.54, 1.807) is 0 Å². The molecule has 0 aliphatic heterocycles. The highest BCUT2D eigenvalue weighted by Gasteiger charge is 2.20. The van der Waals surface area contributed by atoms with Gasteiger partial charge in [0.1, 0.15) is 0 Å². The first-order valence-electron chi connectivity index (χ1n) is 5.02. The van der Waals surface area contributed by atoms with Gasteiger partial charge < -0.3 is 11.1 Å². The Kier molecular flexibility index (Phi) is 2.95. The summed E-state index contributed by atoms with van der Waals surface area (Å²) in [6.07, 6.45) is 2.33. The summed E-state index contributed by atoms with van der Waals surface area (Å²) in [5, 5.41) is 3.12. The summed E-state index contributed by atoms with van der Waals surface area (Å²) in [4.78, 5) is 4.32. The minimum absolute atomic E-state index is 0.449. The average Bonchev–Trinajstić information content (AvgIpc) is 2.97. The van der Waals surface area contributed by atoms with Crippen LogP contribution in [0.2, 0.25) is 0 Å². The Morgan fingerprint density at radius 1 is 1.53 bits per heavy atom. The lowest BCUT2D eigenvalue weighted by Crippen LogP contribution is -2.23.